The molecule has 0 aliphatic carbocycles. The smallest absolute Gasteiger partial charge is 0.132 e. The van der Waals surface area contributed by atoms with Crippen molar-refractivity contribution in [1.29, 1.82) is 0 Å². The predicted octanol–water partition coefficient (Wildman–Crippen LogP) is 3.96. The number of aryl methyl sites for hydroxylation is 1. The Bertz CT molecular complexity index is 552. The molecule has 4 heteroatoms. The molecule has 0 amide bonds. The van der Waals surface area contributed by atoms with Crippen LogP contribution in [0.15, 0.2) is 16.7 Å². The predicted molar refractivity (Wildman–Crippen MR) is 66.0 cm³/mol. The Labute approximate surface area is 102 Å². The minimum atomic E-state index is -0.229. The fourth-order valence-corrected chi connectivity index (χ4v) is 2.00. The molecule has 84 valence electrons. The zero-order chi connectivity index (χ0) is 11.9. The van der Waals surface area contributed by atoms with E-state index in [0.29, 0.717) is 11.1 Å². The summed E-state index contributed by atoms with van der Waals surface area (Å²) in [5.74, 6) is 0.723. The molecule has 0 bridgehead atoms. The van der Waals surface area contributed by atoms with Crippen LogP contribution in [0.5, 0.6) is 0 Å². The molecule has 0 aliphatic rings. The highest BCUT2D eigenvalue weighted by Gasteiger charge is 2.10. The quantitative estimate of drug-likeness (QED) is 0.740. The lowest BCUT2D eigenvalue weighted by Crippen LogP contribution is -1.99. The third-order valence-electron chi connectivity index (χ3n) is 2.46. The van der Waals surface area contributed by atoms with E-state index in [1.165, 1.54) is 6.07 Å². The van der Waals surface area contributed by atoms with Crippen LogP contribution in [-0.2, 0) is 0 Å². The second kappa shape index (κ2) is 4.09. The summed E-state index contributed by atoms with van der Waals surface area (Å²) in [6.07, 6.45) is 0. The normalized spacial score (nSPS) is 11.4. The van der Waals surface area contributed by atoms with Crippen LogP contribution in [0.2, 0.25) is 0 Å². The molecule has 2 nitrogen and oxygen atoms in total. The van der Waals surface area contributed by atoms with Gasteiger partial charge in [0.25, 0.3) is 0 Å². The molecule has 2 rings (SSSR count). The van der Waals surface area contributed by atoms with Gasteiger partial charge in [0.05, 0.1) is 5.52 Å². The van der Waals surface area contributed by atoms with Gasteiger partial charge in [-0.1, -0.05) is 13.8 Å². The highest BCUT2D eigenvalue weighted by Crippen LogP contribution is 2.25. The zero-order valence-corrected chi connectivity index (χ0v) is 11.0. The van der Waals surface area contributed by atoms with E-state index in [2.05, 4.69) is 25.9 Å². The van der Waals surface area contributed by atoms with E-state index in [-0.39, 0.29) is 11.7 Å². The molecule has 0 aliphatic heterocycles. The van der Waals surface area contributed by atoms with Crippen LogP contribution >= 0.6 is 15.9 Å². The number of fused-ring (bicyclic) bond motifs is 1. The SMILES string of the molecule is Cc1cc2c(Br)nc(C(C)C)nc2cc1F. The number of hydrogen-bond donors (Lipinski definition) is 0. The van der Waals surface area contributed by atoms with E-state index >= 15 is 0 Å². The van der Waals surface area contributed by atoms with Crippen molar-refractivity contribution in [3.8, 4) is 0 Å². The van der Waals surface area contributed by atoms with Gasteiger partial charge in [-0.25, -0.2) is 14.4 Å². The highest BCUT2D eigenvalue weighted by atomic mass is 79.9. The molecular weight excluding hydrogens is 271 g/mol. The summed E-state index contributed by atoms with van der Waals surface area (Å²) in [4.78, 5) is 8.71. The number of nitrogens with zero attached hydrogens (tertiary/aromatic N) is 2. The molecule has 0 atom stereocenters. The molecule has 0 saturated carbocycles. The second-order valence-corrected chi connectivity index (χ2v) is 4.90. The first kappa shape index (κ1) is 11.5. The van der Waals surface area contributed by atoms with Gasteiger partial charge in [0.15, 0.2) is 0 Å². The molecule has 2 aromatic rings. The van der Waals surface area contributed by atoms with E-state index in [4.69, 9.17) is 0 Å². The number of rotatable bonds is 1. The van der Waals surface area contributed by atoms with Crippen molar-refractivity contribution in [2.24, 2.45) is 0 Å². The Morgan fingerprint density at radius 3 is 2.56 bits per heavy atom. The number of benzene rings is 1. The van der Waals surface area contributed by atoms with E-state index in [0.717, 1.165) is 15.8 Å². The van der Waals surface area contributed by atoms with Gasteiger partial charge in [-0.15, -0.1) is 0 Å². The van der Waals surface area contributed by atoms with Crippen LogP contribution in [0.3, 0.4) is 0 Å². The van der Waals surface area contributed by atoms with Gasteiger partial charge in [0.1, 0.15) is 16.2 Å². The van der Waals surface area contributed by atoms with Crippen LogP contribution in [-0.4, -0.2) is 9.97 Å². The van der Waals surface area contributed by atoms with Crippen molar-refractivity contribution >= 4 is 26.8 Å². The summed E-state index contributed by atoms with van der Waals surface area (Å²) in [5.41, 5.74) is 1.25. The number of aromatic nitrogens is 2. The lowest BCUT2D eigenvalue weighted by Gasteiger charge is -2.08. The lowest BCUT2D eigenvalue weighted by molar-refractivity contribution is 0.620. The summed E-state index contributed by atoms with van der Waals surface area (Å²) in [7, 11) is 0. The molecular formula is C12H12BrFN2. The Hall–Kier alpha value is -1.03. The van der Waals surface area contributed by atoms with E-state index in [1.54, 1.807) is 13.0 Å². The summed E-state index contributed by atoms with van der Waals surface area (Å²) < 4.78 is 14.2. The maximum absolute atomic E-state index is 13.4. The Morgan fingerprint density at radius 2 is 1.94 bits per heavy atom. The van der Waals surface area contributed by atoms with Crippen LogP contribution in [0.25, 0.3) is 10.9 Å². The minimum Gasteiger partial charge on any atom is -0.232 e. The standard InChI is InChI=1S/C12H12BrFN2/c1-6(2)12-15-10-5-9(14)7(3)4-8(10)11(13)16-12/h4-6H,1-3H3. The lowest BCUT2D eigenvalue weighted by atomic mass is 10.1. The van der Waals surface area contributed by atoms with Crippen molar-refractivity contribution in [2.75, 3.05) is 0 Å². The topological polar surface area (TPSA) is 25.8 Å². The molecule has 0 radical (unpaired) electrons. The average molecular weight is 283 g/mol. The Kier molecular flexibility index (Phi) is 2.93. The Morgan fingerprint density at radius 1 is 1.25 bits per heavy atom. The molecule has 0 unspecified atom stereocenters. The van der Waals surface area contributed by atoms with Crippen LogP contribution in [0.4, 0.5) is 4.39 Å². The van der Waals surface area contributed by atoms with Crippen LogP contribution in [0, 0.1) is 12.7 Å². The van der Waals surface area contributed by atoms with Crippen molar-refractivity contribution in [3.05, 3.63) is 33.9 Å². The molecule has 1 aromatic heterocycles. The molecule has 0 fully saturated rings. The van der Waals surface area contributed by atoms with Gasteiger partial charge in [-0.2, -0.15) is 0 Å². The molecule has 1 heterocycles. The first-order valence-electron chi connectivity index (χ1n) is 5.12. The fraction of sp³-hybridized carbons (Fsp3) is 0.333. The zero-order valence-electron chi connectivity index (χ0n) is 9.38. The number of halogens is 2. The first-order valence-corrected chi connectivity index (χ1v) is 5.91. The minimum absolute atomic E-state index is 0.227. The van der Waals surface area contributed by atoms with Crippen molar-refractivity contribution in [2.45, 2.75) is 26.7 Å². The van der Waals surface area contributed by atoms with Gasteiger partial charge >= 0.3 is 0 Å². The van der Waals surface area contributed by atoms with Gasteiger partial charge in [-0.3, -0.25) is 0 Å². The van der Waals surface area contributed by atoms with E-state index in [9.17, 15) is 4.39 Å². The van der Waals surface area contributed by atoms with Gasteiger partial charge in [0, 0.05) is 17.4 Å². The third-order valence-corrected chi connectivity index (χ3v) is 3.07. The van der Waals surface area contributed by atoms with Gasteiger partial charge in [0.2, 0.25) is 0 Å². The summed E-state index contributed by atoms with van der Waals surface area (Å²) in [6.45, 7) is 5.76. The van der Waals surface area contributed by atoms with Crippen LogP contribution < -0.4 is 0 Å². The first-order chi connectivity index (χ1) is 7.49. The monoisotopic (exact) mass is 282 g/mol. The summed E-state index contributed by atoms with van der Waals surface area (Å²) in [5, 5.41) is 0.850. The average Bonchev–Trinajstić information content (AvgIpc) is 2.20. The van der Waals surface area contributed by atoms with Crippen LogP contribution in [0.1, 0.15) is 31.2 Å². The van der Waals surface area contributed by atoms with Crippen molar-refractivity contribution < 1.29 is 4.39 Å². The van der Waals surface area contributed by atoms with Crippen molar-refractivity contribution in [1.82, 2.24) is 9.97 Å². The maximum Gasteiger partial charge on any atom is 0.132 e. The highest BCUT2D eigenvalue weighted by molar-refractivity contribution is 9.10. The molecule has 1 aromatic carbocycles. The number of hydrogen-bond acceptors (Lipinski definition) is 2. The third kappa shape index (κ3) is 1.94. The van der Waals surface area contributed by atoms with Gasteiger partial charge < -0.3 is 0 Å². The second-order valence-electron chi connectivity index (χ2n) is 4.15. The summed E-state index contributed by atoms with van der Waals surface area (Å²) >= 11 is 3.40. The largest absolute Gasteiger partial charge is 0.232 e. The van der Waals surface area contributed by atoms with E-state index < -0.39 is 0 Å². The fourth-order valence-electron chi connectivity index (χ4n) is 1.50. The maximum atomic E-state index is 13.4. The van der Waals surface area contributed by atoms with E-state index in [1.807, 2.05) is 13.8 Å². The van der Waals surface area contributed by atoms with Gasteiger partial charge in [-0.05, 0) is 34.5 Å². The molecule has 16 heavy (non-hydrogen) atoms. The molecule has 0 saturated heterocycles. The van der Waals surface area contributed by atoms with Crippen molar-refractivity contribution in [3.63, 3.8) is 0 Å². The molecule has 0 N–H and O–H groups in total. The Balaban J connectivity index is 2.77. The summed E-state index contributed by atoms with van der Waals surface area (Å²) in [6, 6.07) is 3.22. The molecule has 0 spiro atoms.